The zero-order valence-corrected chi connectivity index (χ0v) is 11.5. The van der Waals surface area contributed by atoms with E-state index in [-0.39, 0.29) is 0 Å². The molecule has 0 aliphatic heterocycles. The molecule has 6 nitrogen and oxygen atoms in total. The molecule has 0 bridgehead atoms. The first kappa shape index (κ1) is 12.4. The molecule has 0 atom stereocenters. The second-order valence-corrected chi connectivity index (χ2v) is 4.67. The van der Waals surface area contributed by atoms with Crippen LogP contribution in [0.1, 0.15) is 11.4 Å². The predicted octanol–water partition coefficient (Wildman–Crippen LogP) is 2.13. The van der Waals surface area contributed by atoms with Crippen molar-refractivity contribution in [2.75, 3.05) is 5.32 Å². The van der Waals surface area contributed by atoms with Gasteiger partial charge in [-0.3, -0.25) is 9.78 Å². The lowest BCUT2D eigenvalue weighted by molar-refractivity contribution is 0.767. The van der Waals surface area contributed by atoms with Crippen LogP contribution in [0.2, 0.25) is 0 Å². The van der Waals surface area contributed by atoms with Crippen LogP contribution in [-0.2, 0) is 13.6 Å². The minimum absolute atomic E-state index is 0.705. The minimum atomic E-state index is 0.705. The maximum atomic E-state index is 4.38. The molecule has 0 aliphatic carbocycles. The fourth-order valence-electron chi connectivity index (χ4n) is 2.06. The lowest BCUT2D eigenvalue weighted by Gasteiger charge is -2.08. The van der Waals surface area contributed by atoms with Gasteiger partial charge in [0.15, 0.2) is 5.82 Å². The molecule has 2 aromatic heterocycles. The molecule has 0 radical (unpaired) electrons. The summed E-state index contributed by atoms with van der Waals surface area (Å²) in [5.41, 5.74) is 3.13. The molecule has 0 aliphatic rings. The monoisotopic (exact) mass is 268 g/mol. The molecule has 0 amide bonds. The number of hydrogen-bond acceptors (Lipinski definition) is 4. The van der Waals surface area contributed by atoms with Crippen molar-refractivity contribution in [3.8, 4) is 11.4 Å². The highest BCUT2D eigenvalue weighted by Crippen LogP contribution is 2.25. The molecule has 0 unspecified atom stereocenters. The quantitative estimate of drug-likeness (QED) is 0.760. The van der Waals surface area contributed by atoms with Crippen LogP contribution in [0.3, 0.4) is 0 Å². The van der Waals surface area contributed by atoms with Crippen LogP contribution in [0.4, 0.5) is 5.69 Å². The highest BCUT2D eigenvalue weighted by atomic mass is 15.2. The van der Waals surface area contributed by atoms with Gasteiger partial charge < -0.3 is 5.32 Å². The van der Waals surface area contributed by atoms with Gasteiger partial charge in [-0.1, -0.05) is 12.1 Å². The largest absolute Gasteiger partial charge is 0.380 e. The van der Waals surface area contributed by atoms with Crippen LogP contribution in [-0.4, -0.2) is 25.0 Å². The number of anilines is 1. The van der Waals surface area contributed by atoms with E-state index in [1.165, 1.54) is 0 Å². The average molecular weight is 268 g/mol. The summed E-state index contributed by atoms with van der Waals surface area (Å²) in [5, 5.41) is 14.6. The first-order valence-electron chi connectivity index (χ1n) is 6.42. The smallest absolute Gasteiger partial charge is 0.183 e. The van der Waals surface area contributed by atoms with E-state index in [1.54, 1.807) is 4.68 Å². The molecule has 1 aromatic carbocycles. The number of aromatic amines is 1. The van der Waals surface area contributed by atoms with Crippen molar-refractivity contribution < 1.29 is 0 Å². The number of rotatable bonds is 4. The van der Waals surface area contributed by atoms with Crippen LogP contribution >= 0.6 is 0 Å². The fraction of sp³-hybridized carbons (Fsp3) is 0.214. The van der Waals surface area contributed by atoms with Crippen molar-refractivity contribution in [3.63, 3.8) is 0 Å². The van der Waals surface area contributed by atoms with E-state index in [4.69, 9.17) is 0 Å². The van der Waals surface area contributed by atoms with Crippen LogP contribution in [0.5, 0.6) is 0 Å². The third-order valence-electron chi connectivity index (χ3n) is 3.01. The standard InChI is InChI=1S/C14H16N6/c1-10-17-14(19-18-10)12-5-3-4-6-13(12)15-7-11-8-16-20(2)9-11/h3-6,8-9,15H,7H2,1-2H3,(H,17,18,19). The Morgan fingerprint density at radius 1 is 1.30 bits per heavy atom. The van der Waals surface area contributed by atoms with Gasteiger partial charge in [-0.15, -0.1) is 0 Å². The van der Waals surface area contributed by atoms with Crippen LogP contribution in [0, 0.1) is 6.92 Å². The topological polar surface area (TPSA) is 71.4 Å². The van der Waals surface area contributed by atoms with Crippen molar-refractivity contribution in [2.24, 2.45) is 7.05 Å². The molecule has 3 aromatic rings. The molecule has 0 spiro atoms. The van der Waals surface area contributed by atoms with Crippen molar-refractivity contribution >= 4 is 5.69 Å². The van der Waals surface area contributed by atoms with Gasteiger partial charge in [0.2, 0.25) is 0 Å². The van der Waals surface area contributed by atoms with Gasteiger partial charge in [0.1, 0.15) is 5.82 Å². The first-order chi connectivity index (χ1) is 9.72. The Bertz CT molecular complexity index is 712. The zero-order valence-electron chi connectivity index (χ0n) is 11.5. The molecule has 20 heavy (non-hydrogen) atoms. The van der Waals surface area contributed by atoms with Gasteiger partial charge in [-0.05, 0) is 19.1 Å². The summed E-state index contributed by atoms with van der Waals surface area (Å²) < 4.78 is 1.79. The normalized spacial score (nSPS) is 10.7. The summed E-state index contributed by atoms with van der Waals surface area (Å²) in [6.07, 6.45) is 3.85. The number of para-hydroxylation sites is 1. The summed E-state index contributed by atoms with van der Waals surface area (Å²) in [6, 6.07) is 8.01. The third kappa shape index (κ3) is 2.54. The van der Waals surface area contributed by atoms with Crippen molar-refractivity contribution in [1.82, 2.24) is 25.0 Å². The molecule has 2 N–H and O–H groups in total. The second-order valence-electron chi connectivity index (χ2n) is 4.67. The Labute approximate surface area is 116 Å². The molecular formula is C14H16N6. The molecule has 2 heterocycles. The van der Waals surface area contributed by atoms with Crippen LogP contribution in [0.25, 0.3) is 11.4 Å². The fourth-order valence-corrected chi connectivity index (χ4v) is 2.06. The SMILES string of the molecule is Cc1nc(-c2ccccc2NCc2cnn(C)c2)n[nH]1. The lowest BCUT2D eigenvalue weighted by atomic mass is 10.1. The molecule has 3 rings (SSSR count). The molecule has 102 valence electrons. The molecule has 0 saturated carbocycles. The highest BCUT2D eigenvalue weighted by molar-refractivity contribution is 5.73. The molecular weight excluding hydrogens is 252 g/mol. The van der Waals surface area contributed by atoms with E-state index in [2.05, 4.69) is 25.6 Å². The van der Waals surface area contributed by atoms with Crippen LogP contribution < -0.4 is 5.32 Å². The maximum Gasteiger partial charge on any atom is 0.183 e. The van der Waals surface area contributed by atoms with E-state index >= 15 is 0 Å². The van der Waals surface area contributed by atoms with E-state index in [0.717, 1.165) is 22.6 Å². The summed E-state index contributed by atoms with van der Waals surface area (Å²) >= 11 is 0. The predicted molar refractivity (Wildman–Crippen MR) is 77.1 cm³/mol. The molecule has 6 heteroatoms. The molecule has 0 saturated heterocycles. The average Bonchev–Trinajstić information content (AvgIpc) is 3.06. The van der Waals surface area contributed by atoms with Gasteiger partial charge in [0.25, 0.3) is 0 Å². The van der Waals surface area contributed by atoms with Gasteiger partial charge in [-0.25, -0.2) is 4.98 Å². The summed E-state index contributed by atoms with van der Waals surface area (Å²) in [7, 11) is 1.91. The number of aromatic nitrogens is 5. The summed E-state index contributed by atoms with van der Waals surface area (Å²) in [5.74, 6) is 1.51. The van der Waals surface area contributed by atoms with E-state index in [1.807, 2.05) is 50.6 Å². The van der Waals surface area contributed by atoms with E-state index in [9.17, 15) is 0 Å². The van der Waals surface area contributed by atoms with Crippen molar-refractivity contribution in [3.05, 3.63) is 48.0 Å². The molecule has 0 fully saturated rings. The number of hydrogen-bond donors (Lipinski definition) is 2. The maximum absolute atomic E-state index is 4.38. The van der Waals surface area contributed by atoms with Gasteiger partial charge in [-0.2, -0.15) is 10.2 Å². The van der Waals surface area contributed by atoms with E-state index < -0.39 is 0 Å². The Hall–Kier alpha value is -2.63. The van der Waals surface area contributed by atoms with E-state index in [0.29, 0.717) is 12.4 Å². The summed E-state index contributed by atoms with van der Waals surface area (Å²) in [6.45, 7) is 2.61. The zero-order chi connectivity index (χ0) is 13.9. The lowest BCUT2D eigenvalue weighted by Crippen LogP contribution is -2.00. The van der Waals surface area contributed by atoms with Crippen LogP contribution in [0.15, 0.2) is 36.7 Å². The number of nitrogens with zero attached hydrogens (tertiary/aromatic N) is 4. The van der Waals surface area contributed by atoms with Crippen molar-refractivity contribution in [2.45, 2.75) is 13.5 Å². The highest BCUT2D eigenvalue weighted by Gasteiger charge is 2.09. The van der Waals surface area contributed by atoms with Gasteiger partial charge in [0.05, 0.1) is 6.20 Å². The first-order valence-corrected chi connectivity index (χ1v) is 6.42. The number of aryl methyl sites for hydroxylation is 2. The van der Waals surface area contributed by atoms with Crippen molar-refractivity contribution in [1.29, 1.82) is 0 Å². The van der Waals surface area contributed by atoms with Gasteiger partial charge in [0, 0.05) is 36.6 Å². The van der Waals surface area contributed by atoms with Gasteiger partial charge >= 0.3 is 0 Å². The Morgan fingerprint density at radius 3 is 2.85 bits per heavy atom. The summed E-state index contributed by atoms with van der Waals surface area (Å²) in [4.78, 5) is 4.38. The number of H-pyrrole nitrogens is 1. The third-order valence-corrected chi connectivity index (χ3v) is 3.01. The number of benzene rings is 1. The minimum Gasteiger partial charge on any atom is -0.380 e. The Morgan fingerprint density at radius 2 is 2.15 bits per heavy atom. The number of nitrogens with one attached hydrogen (secondary N) is 2. The second kappa shape index (κ2) is 5.16. The Kier molecular flexibility index (Phi) is 3.20. The Balaban J connectivity index is 1.83.